The minimum atomic E-state index is 0.0511. The summed E-state index contributed by atoms with van der Waals surface area (Å²) < 4.78 is 0. The van der Waals surface area contributed by atoms with Crippen LogP contribution in [-0.4, -0.2) is 79.3 Å². The smallest absolute Gasteiger partial charge is 0.237 e. The number of carbonyl (C=O) groups excluding carboxylic acids is 2. The summed E-state index contributed by atoms with van der Waals surface area (Å²) in [5, 5.41) is 0. The highest BCUT2D eigenvalue weighted by molar-refractivity contribution is 5.85. The third-order valence-corrected chi connectivity index (χ3v) is 3.21. The van der Waals surface area contributed by atoms with Crippen LogP contribution >= 0.6 is 0 Å². The van der Waals surface area contributed by atoms with E-state index in [1.54, 1.807) is 4.90 Å². The van der Waals surface area contributed by atoms with Gasteiger partial charge in [0.25, 0.3) is 0 Å². The first-order chi connectivity index (χ1) is 8.52. The second kappa shape index (κ2) is 7.48. The zero-order chi connectivity index (χ0) is 13.5. The lowest BCUT2D eigenvalue weighted by atomic mass is 10.3. The molecule has 0 spiro atoms. The highest BCUT2D eigenvalue weighted by Gasteiger charge is 2.20. The lowest BCUT2D eigenvalue weighted by Gasteiger charge is -2.33. The molecule has 0 aliphatic carbocycles. The van der Waals surface area contributed by atoms with E-state index in [0.29, 0.717) is 13.1 Å². The Hall–Kier alpha value is -0.940. The van der Waals surface area contributed by atoms with Crippen molar-refractivity contribution >= 4 is 11.7 Å². The summed E-state index contributed by atoms with van der Waals surface area (Å²) in [5.74, 6) is 0.131. The van der Waals surface area contributed by atoms with Gasteiger partial charge in [0.05, 0.1) is 13.1 Å². The van der Waals surface area contributed by atoms with Crippen LogP contribution in [0.3, 0.4) is 0 Å². The number of likely N-dealkylation sites (N-methyl/N-ethyl adjacent to an activating group) is 1. The number of piperazine rings is 1. The van der Waals surface area contributed by atoms with E-state index in [1.807, 2.05) is 6.92 Å². The number of ketones is 1. The summed E-state index contributed by atoms with van der Waals surface area (Å²) in [4.78, 5) is 29.4. The summed E-state index contributed by atoms with van der Waals surface area (Å²) >= 11 is 0. The van der Waals surface area contributed by atoms with E-state index in [2.05, 4.69) is 16.8 Å². The molecule has 0 N–H and O–H groups in total. The fraction of sp³-hybridized carbons (Fsp3) is 0.846. The number of amides is 1. The van der Waals surface area contributed by atoms with Gasteiger partial charge >= 0.3 is 0 Å². The summed E-state index contributed by atoms with van der Waals surface area (Å²) in [6, 6.07) is 0. The molecule has 0 saturated carbocycles. The van der Waals surface area contributed by atoms with Crippen LogP contribution in [0.1, 0.15) is 20.3 Å². The Morgan fingerprint density at radius 1 is 1.17 bits per heavy atom. The number of Topliss-reactive ketones (excluding diaryl/α,β-unsaturated/α-hetero) is 1. The Kier molecular flexibility index (Phi) is 6.29. The van der Waals surface area contributed by atoms with Crippen LogP contribution < -0.4 is 0 Å². The maximum absolute atomic E-state index is 12.1. The van der Waals surface area contributed by atoms with Gasteiger partial charge in [0.15, 0.2) is 0 Å². The Bertz CT molecular complexity index is 286. The molecule has 1 heterocycles. The van der Waals surface area contributed by atoms with Crippen LogP contribution in [-0.2, 0) is 9.59 Å². The Morgan fingerprint density at radius 2 is 1.78 bits per heavy atom. The normalized spacial score (nSPS) is 17.7. The van der Waals surface area contributed by atoms with Crippen molar-refractivity contribution in [2.75, 3.05) is 52.9 Å². The van der Waals surface area contributed by atoms with Gasteiger partial charge in [0.1, 0.15) is 5.78 Å². The van der Waals surface area contributed by atoms with E-state index in [0.717, 1.165) is 32.6 Å². The number of nitrogens with zero attached hydrogens (tertiary/aromatic N) is 3. The molecule has 1 rings (SSSR count). The summed E-state index contributed by atoms with van der Waals surface area (Å²) in [7, 11) is 2.10. The van der Waals surface area contributed by atoms with Crippen molar-refractivity contribution in [1.82, 2.24) is 14.7 Å². The first-order valence-electron chi connectivity index (χ1n) is 6.71. The lowest BCUT2D eigenvalue weighted by Crippen LogP contribution is -2.49. The van der Waals surface area contributed by atoms with Gasteiger partial charge in [-0.3, -0.25) is 14.5 Å². The third-order valence-electron chi connectivity index (χ3n) is 3.21. The van der Waals surface area contributed by atoms with Crippen molar-refractivity contribution in [3.8, 4) is 0 Å². The lowest BCUT2D eigenvalue weighted by molar-refractivity contribution is -0.136. The minimum absolute atomic E-state index is 0.0511. The predicted octanol–water partition coefficient (Wildman–Crippen LogP) is 0.0614. The second-order valence-corrected chi connectivity index (χ2v) is 5.10. The zero-order valence-electron chi connectivity index (χ0n) is 11.8. The fourth-order valence-electron chi connectivity index (χ4n) is 2.13. The number of hydrogen-bond acceptors (Lipinski definition) is 4. The van der Waals surface area contributed by atoms with Gasteiger partial charge < -0.3 is 9.80 Å². The third kappa shape index (κ3) is 5.14. The molecule has 1 aliphatic heterocycles. The average molecular weight is 255 g/mol. The van der Waals surface area contributed by atoms with Crippen LogP contribution in [0.5, 0.6) is 0 Å². The standard InChI is InChI=1S/C13H25N3O2/c1-4-5-16(10-12(2)17)13(18)11-15-8-6-14(3)7-9-15/h4-11H2,1-3H3. The molecule has 0 aromatic carbocycles. The van der Waals surface area contributed by atoms with Gasteiger partial charge in [0, 0.05) is 32.7 Å². The van der Waals surface area contributed by atoms with Crippen molar-refractivity contribution in [1.29, 1.82) is 0 Å². The molecule has 0 aromatic heterocycles. The van der Waals surface area contributed by atoms with E-state index in [4.69, 9.17) is 0 Å². The van der Waals surface area contributed by atoms with Gasteiger partial charge in [-0.15, -0.1) is 0 Å². The van der Waals surface area contributed by atoms with Crippen molar-refractivity contribution < 1.29 is 9.59 Å². The van der Waals surface area contributed by atoms with Crippen molar-refractivity contribution in [3.05, 3.63) is 0 Å². The largest absolute Gasteiger partial charge is 0.334 e. The van der Waals surface area contributed by atoms with E-state index in [9.17, 15) is 9.59 Å². The molecule has 0 bridgehead atoms. The maximum Gasteiger partial charge on any atom is 0.237 e. The molecular weight excluding hydrogens is 230 g/mol. The number of hydrogen-bond donors (Lipinski definition) is 0. The maximum atomic E-state index is 12.1. The quantitative estimate of drug-likeness (QED) is 0.673. The predicted molar refractivity (Wildman–Crippen MR) is 71.5 cm³/mol. The van der Waals surface area contributed by atoms with Crippen LogP contribution in [0, 0.1) is 0 Å². The van der Waals surface area contributed by atoms with Crippen molar-refractivity contribution in [3.63, 3.8) is 0 Å². The highest BCUT2D eigenvalue weighted by atomic mass is 16.2. The van der Waals surface area contributed by atoms with Crippen LogP contribution in [0.15, 0.2) is 0 Å². The van der Waals surface area contributed by atoms with Crippen LogP contribution in [0.4, 0.5) is 0 Å². The van der Waals surface area contributed by atoms with E-state index < -0.39 is 0 Å². The molecule has 0 unspecified atom stereocenters. The summed E-state index contributed by atoms with van der Waals surface area (Å²) in [5.41, 5.74) is 0. The van der Waals surface area contributed by atoms with Gasteiger partial charge in [-0.1, -0.05) is 6.92 Å². The second-order valence-electron chi connectivity index (χ2n) is 5.10. The van der Waals surface area contributed by atoms with Gasteiger partial charge in [-0.05, 0) is 20.4 Å². The molecule has 0 radical (unpaired) electrons. The monoisotopic (exact) mass is 255 g/mol. The first kappa shape index (κ1) is 15.1. The van der Waals surface area contributed by atoms with Gasteiger partial charge in [-0.25, -0.2) is 0 Å². The molecule has 1 fully saturated rings. The molecular formula is C13H25N3O2. The van der Waals surface area contributed by atoms with Crippen LogP contribution in [0.2, 0.25) is 0 Å². The molecule has 0 atom stereocenters. The number of carbonyl (C=O) groups is 2. The van der Waals surface area contributed by atoms with E-state index in [-0.39, 0.29) is 18.2 Å². The fourth-order valence-corrected chi connectivity index (χ4v) is 2.13. The minimum Gasteiger partial charge on any atom is -0.334 e. The molecule has 1 amide bonds. The average Bonchev–Trinajstić information content (AvgIpc) is 2.31. The molecule has 104 valence electrons. The Labute approximate surface area is 110 Å². The van der Waals surface area contributed by atoms with Gasteiger partial charge in [-0.2, -0.15) is 0 Å². The van der Waals surface area contributed by atoms with E-state index >= 15 is 0 Å². The zero-order valence-corrected chi connectivity index (χ0v) is 11.8. The van der Waals surface area contributed by atoms with Crippen molar-refractivity contribution in [2.24, 2.45) is 0 Å². The molecule has 5 heteroatoms. The Balaban J connectivity index is 2.42. The molecule has 5 nitrogen and oxygen atoms in total. The molecule has 1 saturated heterocycles. The van der Waals surface area contributed by atoms with Gasteiger partial charge in [0.2, 0.25) is 5.91 Å². The topological polar surface area (TPSA) is 43.9 Å². The highest BCUT2D eigenvalue weighted by Crippen LogP contribution is 2.01. The molecule has 0 aromatic rings. The van der Waals surface area contributed by atoms with Crippen LogP contribution in [0.25, 0.3) is 0 Å². The summed E-state index contributed by atoms with van der Waals surface area (Å²) in [6.45, 7) is 8.81. The molecule has 18 heavy (non-hydrogen) atoms. The van der Waals surface area contributed by atoms with Crippen molar-refractivity contribution in [2.45, 2.75) is 20.3 Å². The molecule has 1 aliphatic rings. The van der Waals surface area contributed by atoms with E-state index in [1.165, 1.54) is 6.92 Å². The Morgan fingerprint density at radius 3 is 2.28 bits per heavy atom. The SMILES string of the molecule is CCCN(CC(C)=O)C(=O)CN1CCN(C)CC1. The summed E-state index contributed by atoms with van der Waals surface area (Å²) in [6.07, 6.45) is 0.891. The number of rotatable bonds is 6. The first-order valence-corrected chi connectivity index (χ1v) is 6.71.